The first kappa shape index (κ1) is 27.4. The fraction of sp³-hybridized carbons (Fsp3) is 0.161. The van der Waals surface area contributed by atoms with Crippen molar-refractivity contribution in [1.29, 1.82) is 0 Å². The van der Waals surface area contributed by atoms with Gasteiger partial charge in [0.1, 0.15) is 11.9 Å². The van der Waals surface area contributed by atoms with Crippen LogP contribution in [-0.2, 0) is 4.79 Å². The van der Waals surface area contributed by atoms with E-state index in [-0.39, 0.29) is 17.7 Å². The average molecular weight is 568 g/mol. The van der Waals surface area contributed by atoms with Gasteiger partial charge in [0.15, 0.2) is 5.13 Å². The van der Waals surface area contributed by atoms with E-state index in [1.807, 2.05) is 99.6 Å². The van der Waals surface area contributed by atoms with Gasteiger partial charge < -0.3 is 16.0 Å². The molecule has 0 aliphatic rings. The van der Waals surface area contributed by atoms with Gasteiger partial charge >= 0.3 is 0 Å². The van der Waals surface area contributed by atoms with Gasteiger partial charge in [-0.25, -0.2) is 9.97 Å². The number of hydrogen-bond donors (Lipinski definition) is 3. The normalized spacial score (nSPS) is 11.8. The fourth-order valence-corrected chi connectivity index (χ4v) is 6.08. The number of carbonyl (C=O) groups excluding carboxylic acids is 2. The highest BCUT2D eigenvalue weighted by molar-refractivity contribution is 8.01. The first-order valence-electron chi connectivity index (χ1n) is 12.9. The molecule has 0 aliphatic heterocycles. The summed E-state index contributed by atoms with van der Waals surface area (Å²) in [5.41, 5.74) is 2.06. The number of anilines is 3. The standard InChI is InChI=1S/C31H29N5O2S2/c1-19(2)28(30(38)34-23-13-12-21-8-4-5-9-22(21)16-23)36-29(37)25-17-24(14-11-20(25)3)39-27-18-33-31(40-27)35-26-10-6-7-15-32-26/h4-19,28H,1-3H3,(H,34,38)(H,36,37)(H,32,33,35). The molecular weight excluding hydrogens is 539 g/mol. The Labute approximate surface area is 241 Å². The molecule has 7 nitrogen and oxygen atoms in total. The number of pyridine rings is 1. The third kappa shape index (κ3) is 6.67. The van der Waals surface area contributed by atoms with Crippen LogP contribution >= 0.6 is 23.1 Å². The number of fused-ring (bicyclic) bond motifs is 1. The van der Waals surface area contributed by atoms with Gasteiger partial charge in [-0.1, -0.05) is 79.4 Å². The first-order valence-corrected chi connectivity index (χ1v) is 14.5. The lowest BCUT2D eigenvalue weighted by Crippen LogP contribution is -2.47. The second-order valence-corrected chi connectivity index (χ2v) is 12.1. The van der Waals surface area contributed by atoms with Crippen molar-refractivity contribution in [2.75, 3.05) is 10.6 Å². The predicted molar refractivity (Wildman–Crippen MR) is 164 cm³/mol. The molecule has 2 heterocycles. The van der Waals surface area contributed by atoms with Crippen molar-refractivity contribution in [3.8, 4) is 0 Å². The Morgan fingerprint density at radius 1 is 0.900 bits per heavy atom. The summed E-state index contributed by atoms with van der Waals surface area (Å²) in [5.74, 6) is 0.0880. The van der Waals surface area contributed by atoms with E-state index in [0.29, 0.717) is 11.3 Å². The van der Waals surface area contributed by atoms with Crippen molar-refractivity contribution in [3.05, 3.63) is 102 Å². The molecule has 0 radical (unpaired) electrons. The van der Waals surface area contributed by atoms with Crippen molar-refractivity contribution < 1.29 is 9.59 Å². The van der Waals surface area contributed by atoms with Gasteiger partial charge in [0.2, 0.25) is 5.91 Å². The lowest BCUT2D eigenvalue weighted by molar-refractivity contribution is -0.118. The van der Waals surface area contributed by atoms with Crippen molar-refractivity contribution in [3.63, 3.8) is 0 Å². The Bertz CT molecular complexity index is 1650. The molecule has 0 bridgehead atoms. The van der Waals surface area contributed by atoms with E-state index in [2.05, 4.69) is 25.9 Å². The number of benzene rings is 3. The molecule has 2 aromatic heterocycles. The predicted octanol–water partition coefficient (Wildman–Crippen LogP) is 7.29. The lowest BCUT2D eigenvalue weighted by atomic mass is 10.0. The largest absolute Gasteiger partial charge is 0.340 e. The molecule has 5 rings (SSSR count). The second kappa shape index (κ2) is 12.3. The van der Waals surface area contributed by atoms with Crippen molar-refractivity contribution in [2.45, 2.75) is 35.9 Å². The van der Waals surface area contributed by atoms with Crippen LogP contribution in [0.1, 0.15) is 29.8 Å². The number of hydrogen-bond acceptors (Lipinski definition) is 7. The van der Waals surface area contributed by atoms with Gasteiger partial charge in [-0.3, -0.25) is 9.59 Å². The van der Waals surface area contributed by atoms with E-state index < -0.39 is 6.04 Å². The van der Waals surface area contributed by atoms with Gasteiger partial charge in [0, 0.05) is 22.3 Å². The Kier molecular flexibility index (Phi) is 8.42. The van der Waals surface area contributed by atoms with Crippen molar-refractivity contribution >= 4 is 62.3 Å². The molecular formula is C31H29N5O2S2. The summed E-state index contributed by atoms with van der Waals surface area (Å²) in [6.45, 7) is 5.74. The van der Waals surface area contributed by atoms with Gasteiger partial charge in [0.05, 0.1) is 10.4 Å². The molecule has 0 spiro atoms. The average Bonchev–Trinajstić information content (AvgIpc) is 3.39. The zero-order valence-corrected chi connectivity index (χ0v) is 24.0. The Morgan fingerprint density at radius 3 is 2.48 bits per heavy atom. The van der Waals surface area contributed by atoms with E-state index in [9.17, 15) is 9.59 Å². The summed E-state index contributed by atoms with van der Waals surface area (Å²) in [4.78, 5) is 36.2. The van der Waals surface area contributed by atoms with Crippen LogP contribution in [0.5, 0.6) is 0 Å². The van der Waals surface area contributed by atoms with E-state index in [1.165, 1.54) is 23.1 Å². The minimum atomic E-state index is -0.698. The molecule has 2 amide bonds. The Morgan fingerprint density at radius 2 is 1.70 bits per heavy atom. The van der Waals surface area contributed by atoms with Crippen LogP contribution in [0.15, 0.2) is 100 Å². The molecule has 0 saturated heterocycles. The zero-order chi connectivity index (χ0) is 28.1. The molecule has 3 N–H and O–H groups in total. The number of aryl methyl sites for hydroxylation is 1. The summed E-state index contributed by atoms with van der Waals surface area (Å²) >= 11 is 3.04. The number of amides is 2. The molecule has 3 aromatic carbocycles. The maximum atomic E-state index is 13.4. The van der Waals surface area contributed by atoms with Gasteiger partial charge in [-0.15, -0.1) is 0 Å². The van der Waals surface area contributed by atoms with Crippen LogP contribution in [0.25, 0.3) is 10.8 Å². The molecule has 5 aromatic rings. The maximum Gasteiger partial charge on any atom is 0.252 e. The minimum absolute atomic E-state index is 0.107. The Balaban J connectivity index is 1.27. The number of nitrogens with zero attached hydrogens (tertiary/aromatic N) is 2. The topological polar surface area (TPSA) is 96.0 Å². The van der Waals surface area contributed by atoms with Gasteiger partial charge in [-0.2, -0.15) is 0 Å². The van der Waals surface area contributed by atoms with Crippen LogP contribution in [0.4, 0.5) is 16.6 Å². The third-order valence-corrected chi connectivity index (χ3v) is 8.31. The van der Waals surface area contributed by atoms with Crippen LogP contribution < -0.4 is 16.0 Å². The van der Waals surface area contributed by atoms with E-state index in [1.54, 1.807) is 12.4 Å². The third-order valence-electron chi connectivity index (χ3n) is 6.31. The van der Waals surface area contributed by atoms with Gasteiger partial charge in [0.25, 0.3) is 5.91 Å². The lowest BCUT2D eigenvalue weighted by Gasteiger charge is -2.22. The molecule has 0 fully saturated rings. The Hall–Kier alpha value is -4.21. The van der Waals surface area contributed by atoms with Crippen molar-refractivity contribution in [2.24, 2.45) is 5.92 Å². The summed E-state index contributed by atoms with van der Waals surface area (Å²) in [5, 5.41) is 12.0. The summed E-state index contributed by atoms with van der Waals surface area (Å²) in [6.07, 6.45) is 3.52. The molecule has 40 heavy (non-hydrogen) atoms. The minimum Gasteiger partial charge on any atom is -0.340 e. The number of thiazole rings is 1. The SMILES string of the molecule is Cc1ccc(Sc2cnc(Nc3ccccn3)s2)cc1C(=O)NC(C(=O)Nc1ccc2ccccc2c1)C(C)C. The molecule has 0 aliphatic carbocycles. The number of aromatic nitrogens is 2. The monoisotopic (exact) mass is 567 g/mol. The number of carbonyl (C=O) groups is 2. The summed E-state index contributed by atoms with van der Waals surface area (Å²) in [6, 6.07) is 24.5. The second-order valence-electron chi connectivity index (χ2n) is 9.65. The number of rotatable bonds is 9. The van der Waals surface area contributed by atoms with E-state index in [4.69, 9.17) is 0 Å². The molecule has 1 atom stereocenters. The van der Waals surface area contributed by atoms with Gasteiger partial charge in [-0.05, 0) is 65.6 Å². The quantitative estimate of drug-likeness (QED) is 0.173. The highest BCUT2D eigenvalue weighted by Gasteiger charge is 2.25. The van der Waals surface area contributed by atoms with Crippen LogP contribution in [-0.4, -0.2) is 27.8 Å². The highest BCUT2D eigenvalue weighted by Crippen LogP contribution is 2.35. The summed E-state index contributed by atoms with van der Waals surface area (Å²) in [7, 11) is 0. The smallest absolute Gasteiger partial charge is 0.252 e. The molecule has 202 valence electrons. The maximum absolute atomic E-state index is 13.4. The fourth-order valence-electron chi connectivity index (χ4n) is 4.18. The van der Waals surface area contributed by atoms with Crippen LogP contribution in [0.3, 0.4) is 0 Å². The zero-order valence-electron chi connectivity index (χ0n) is 22.3. The van der Waals surface area contributed by atoms with Crippen LogP contribution in [0.2, 0.25) is 0 Å². The molecule has 1 unspecified atom stereocenters. The highest BCUT2D eigenvalue weighted by atomic mass is 32.2. The molecule has 9 heteroatoms. The van der Waals surface area contributed by atoms with Crippen molar-refractivity contribution in [1.82, 2.24) is 15.3 Å². The van der Waals surface area contributed by atoms with E-state index in [0.717, 1.165) is 36.4 Å². The summed E-state index contributed by atoms with van der Waals surface area (Å²) < 4.78 is 0.975. The van der Waals surface area contributed by atoms with Crippen LogP contribution in [0, 0.1) is 12.8 Å². The van der Waals surface area contributed by atoms with E-state index >= 15 is 0 Å². The molecule has 0 saturated carbocycles. The first-order chi connectivity index (χ1) is 19.4. The number of nitrogens with one attached hydrogen (secondary N) is 3.